The van der Waals surface area contributed by atoms with Crippen molar-refractivity contribution in [3.8, 4) is 0 Å². The number of carbonyl (C=O) groups is 1. The van der Waals surface area contributed by atoms with Crippen LogP contribution in [0.15, 0.2) is 83.1 Å². The Morgan fingerprint density at radius 1 is 1.22 bits per heavy atom. The minimum absolute atomic E-state index is 0.0367. The molecule has 1 amide bonds. The maximum absolute atomic E-state index is 15.5. The summed E-state index contributed by atoms with van der Waals surface area (Å²) in [7, 11) is 2.19. The molecule has 274 valence electrons. The third kappa shape index (κ3) is 8.88. The highest BCUT2D eigenvalue weighted by Gasteiger charge is 2.32. The quantitative estimate of drug-likeness (QED) is 0.242. The molecule has 1 aromatic carbocycles. The molecule has 3 N–H and O–H groups in total. The second-order valence-electron chi connectivity index (χ2n) is 14.4. The molecule has 51 heavy (non-hydrogen) atoms. The molecule has 6 rings (SSSR count). The molecule has 1 aliphatic carbocycles. The molecule has 0 radical (unpaired) electrons. The molecular weight excluding hydrogens is 650 g/mol. The number of benzene rings is 1. The number of piperazine rings is 1. The normalized spacial score (nSPS) is 24.5. The van der Waals surface area contributed by atoms with Crippen LogP contribution in [0.4, 0.5) is 14.5 Å². The van der Waals surface area contributed by atoms with E-state index in [0.717, 1.165) is 63.4 Å². The Bertz CT molecular complexity index is 1680. The Labute approximate surface area is 300 Å². The zero-order valence-corrected chi connectivity index (χ0v) is 30.0. The summed E-state index contributed by atoms with van der Waals surface area (Å²) in [6.45, 7) is 14.6. The number of ether oxygens (including phenoxy) is 1. The van der Waals surface area contributed by atoms with Gasteiger partial charge in [-0.1, -0.05) is 19.2 Å². The zero-order chi connectivity index (χ0) is 36.1. The van der Waals surface area contributed by atoms with Crippen LogP contribution in [0.3, 0.4) is 0 Å². The molecule has 0 aromatic heterocycles. The number of hydrogen-bond acceptors (Lipinski definition) is 7. The molecule has 2 atom stereocenters. The lowest BCUT2D eigenvalue weighted by Gasteiger charge is -2.39. The first-order valence-corrected chi connectivity index (χ1v) is 18.3. The number of allylic oxidation sites excluding steroid dienone is 2. The van der Waals surface area contributed by atoms with Crippen LogP contribution >= 0.6 is 0 Å². The number of amides is 1. The Morgan fingerprint density at radius 2 is 2.04 bits per heavy atom. The molecule has 2 fully saturated rings. The van der Waals surface area contributed by atoms with Crippen molar-refractivity contribution in [2.75, 3.05) is 57.8 Å². The van der Waals surface area contributed by atoms with E-state index in [1.54, 1.807) is 0 Å². The molecular formula is C40H52F2N6O3. The highest BCUT2D eigenvalue weighted by molar-refractivity contribution is 6.09. The van der Waals surface area contributed by atoms with Crippen LogP contribution in [0.1, 0.15) is 63.0 Å². The van der Waals surface area contributed by atoms with E-state index < -0.39 is 24.2 Å². The smallest absolute Gasteiger partial charge is 0.265 e. The van der Waals surface area contributed by atoms with E-state index in [0.29, 0.717) is 54.5 Å². The number of likely N-dealkylation sites (N-methyl/N-ethyl adjacent to an activating group) is 1. The number of nitrogens with zero attached hydrogens (tertiary/aromatic N) is 4. The lowest BCUT2D eigenvalue weighted by atomic mass is 9.96. The second kappa shape index (κ2) is 16.5. The number of hydrogen-bond donors (Lipinski definition) is 3. The van der Waals surface area contributed by atoms with Gasteiger partial charge in [-0.15, -0.1) is 0 Å². The first kappa shape index (κ1) is 36.7. The fraction of sp³-hybridized carbons (Fsp3) is 0.500. The molecule has 4 aliphatic heterocycles. The summed E-state index contributed by atoms with van der Waals surface area (Å²) in [5.74, 6) is -0.611. The average Bonchev–Trinajstić information content (AvgIpc) is 3.87. The number of halogens is 2. The van der Waals surface area contributed by atoms with Gasteiger partial charge >= 0.3 is 0 Å². The van der Waals surface area contributed by atoms with Gasteiger partial charge in [-0.25, -0.2) is 8.78 Å². The summed E-state index contributed by atoms with van der Waals surface area (Å²) >= 11 is 0. The van der Waals surface area contributed by atoms with Crippen molar-refractivity contribution < 1.29 is 23.4 Å². The van der Waals surface area contributed by atoms with E-state index in [9.17, 15) is 9.90 Å². The number of aliphatic hydroxyl groups is 1. The molecule has 9 nitrogen and oxygen atoms in total. The van der Waals surface area contributed by atoms with E-state index in [2.05, 4.69) is 59.8 Å². The number of rotatable bonds is 13. The van der Waals surface area contributed by atoms with Gasteiger partial charge in [-0.05, 0) is 106 Å². The zero-order valence-electron chi connectivity index (χ0n) is 30.0. The average molecular weight is 703 g/mol. The predicted molar refractivity (Wildman–Crippen MR) is 199 cm³/mol. The summed E-state index contributed by atoms with van der Waals surface area (Å²) in [5, 5.41) is 17.6. The summed E-state index contributed by atoms with van der Waals surface area (Å²) < 4.78 is 36.4. The fourth-order valence-corrected chi connectivity index (χ4v) is 7.36. The molecule has 1 saturated carbocycles. The summed E-state index contributed by atoms with van der Waals surface area (Å²) in [5.41, 5.74) is 3.81. The third-order valence-corrected chi connectivity index (χ3v) is 10.6. The number of aliphatic imine (C=N–C) groups is 1. The molecule has 1 saturated heterocycles. The van der Waals surface area contributed by atoms with Crippen molar-refractivity contribution in [1.29, 1.82) is 0 Å². The van der Waals surface area contributed by atoms with Crippen LogP contribution in [0.5, 0.6) is 0 Å². The van der Waals surface area contributed by atoms with E-state index in [1.165, 1.54) is 34.8 Å². The van der Waals surface area contributed by atoms with E-state index in [-0.39, 0.29) is 36.2 Å². The number of carbonyl (C=O) groups excluding carboxylic acids is 1. The van der Waals surface area contributed by atoms with Crippen molar-refractivity contribution in [2.45, 2.75) is 70.6 Å². The monoisotopic (exact) mass is 702 g/mol. The minimum atomic E-state index is -0.686. The molecule has 0 bridgehead atoms. The van der Waals surface area contributed by atoms with Crippen molar-refractivity contribution >= 4 is 23.0 Å². The lowest BCUT2D eigenvalue weighted by molar-refractivity contribution is -0.115. The van der Waals surface area contributed by atoms with E-state index in [4.69, 9.17) is 9.73 Å². The number of aliphatic hydroxyl groups excluding tert-OH is 1. The standard InChI is InChI=1S/C40H52F2N6O3/c1-5-37-39(33(42)10-8-28-6-7-28)40(50)48(18-19-51-37)36-21-30(41)20-31(32(36)25-49)26(2)14-15-43-38-13-12-35(45-38)34-11-9-29(22-44-34)24-47-17-16-46(4)23-27(47)3/h5,10,12,20-22,27-28,34,44,49H,1-2,6-9,11,13-19,23-25H2,3-4H3,(H,43,45)/b33-10+/t27?,34-/m0/s1. The van der Waals surface area contributed by atoms with Gasteiger partial charge in [0.25, 0.3) is 5.91 Å². The molecule has 11 heteroatoms. The molecule has 1 unspecified atom stereocenters. The molecule has 5 aliphatic rings. The van der Waals surface area contributed by atoms with Crippen LogP contribution in [0.25, 0.3) is 5.57 Å². The van der Waals surface area contributed by atoms with Gasteiger partial charge in [-0.2, -0.15) is 0 Å². The van der Waals surface area contributed by atoms with Gasteiger partial charge in [0.05, 0.1) is 24.9 Å². The third-order valence-electron chi connectivity index (χ3n) is 10.6. The van der Waals surface area contributed by atoms with Crippen LogP contribution in [0, 0.1) is 11.7 Å². The lowest BCUT2D eigenvalue weighted by Crippen LogP contribution is -2.51. The van der Waals surface area contributed by atoms with Crippen molar-refractivity contribution in [1.82, 2.24) is 20.4 Å². The molecule has 4 heterocycles. The van der Waals surface area contributed by atoms with Crippen LogP contribution in [-0.4, -0.2) is 91.7 Å². The maximum atomic E-state index is 15.5. The first-order chi connectivity index (χ1) is 24.6. The maximum Gasteiger partial charge on any atom is 0.265 e. The van der Waals surface area contributed by atoms with E-state index >= 15 is 8.78 Å². The van der Waals surface area contributed by atoms with Gasteiger partial charge < -0.3 is 30.3 Å². The van der Waals surface area contributed by atoms with Gasteiger partial charge in [0, 0.05) is 56.4 Å². The van der Waals surface area contributed by atoms with Gasteiger partial charge in [-0.3, -0.25) is 14.7 Å². The number of nitrogens with one attached hydrogen (secondary N) is 2. The highest BCUT2D eigenvalue weighted by Crippen LogP contribution is 2.37. The largest absolute Gasteiger partial charge is 0.491 e. The Kier molecular flexibility index (Phi) is 11.9. The van der Waals surface area contributed by atoms with Crippen LogP contribution < -0.4 is 15.5 Å². The summed E-state index contributed by atoms with van der Waals surface area (Å²) in [6, 6.07) is 3.29. The molecule has 0 spiro atoms. The van der Waals surface area contributed by atoms with Gasteiger partial charge in [0.1, 0.15) is 35.4 Å². The minimum Gasteiger partial charge on any atom is -0.491 e. The Morgan fingerprint density at radius 3 is 2.75 bits per heavy atom. The number of anilines is 1. The predicted octanol–water partition coefficient (Wildman–Crippen LogP) is 5.73. The number of amidine groups is 1. The van der Waals surface area contributed by atoms with Crippen molar-refractivity contribution in [3.05, 3.63) is 95.1 Å². The molecule has 1 aromatic rings. The Hall–Kier alpha value is -4.06. The Balaban J connectivity index is 1.07. The van der Waals surface area contributed by atoms with Crippen molar-refractivity contribution in [3.63, 3.8) is 0 Å². The fourth-order valence-electron chi connectivity index (χ4n) is 7.36. The van der Waals surface area contributed by atoms with Gasteiger partial charge in [0.15, 0.2) is 0 Å². The van der Waals surface area contributed by atoms with Gasteiger partial charge in [0.2, 0.25) is 0 Å². The topological polar surface area (TPSA) is 92.7 Å². The van der Waals surface area contributed by atoms with E-state index in [1.807, 2.05) is 0 Å². The van der Waals surface area contributed by atoms with Crippen molar-refractivity contribution in [2.24, 2.45) is 10.9 Å². The highest BCUT2D eigenvalue weighted by atomic mass is 19.1. The van der Waals surface area contributed by atoms with Crippen LogP contribution in [-0.2, 0) is 16.1 Å². The SMILES string of the molecule is C=CC1=C(/C(F)=C\CC2CC2)C(=O)N(c2cc(F)cc(C(=C)CC/N=C3\CC=C([C@@H]4CCC(CN5CCN(C)CC5C)=CN4)N3)c2CO)CCO1. The summed E-state index contributed by atoms with van der Waals surface area (Å²) in [6.07, 6.45) is 12.9. The summed E-state index contributed by atoms with van der Waals surface area (Å²) in [4.78, 5) is 24.9. The first-order valence-electron chi connectivity index (χ1n) is 18.3. The second-order valence-corrected chi connectivity index (χ2v) is 14.4. The van der Waals surface area contributed by atoms with Crippen LogP contribution in [0.2, 0.25) is 0 Å².